The molecule has 2 N–H and O–H groups in total. The number of carbonyl (C=O) groups excluding carboxylic acids is 1. The van der Waals surface area contributed by atoms with Crippen LogP contribution in [-0.2, 0) is 4.79 Å². The number of nitrogens with two attached hydrogens (primary N) is 1. The lowest BCUT2D eigenvalue weighted by Crippen LogP contribution is -2.49. The van der Waals surface area contributed by atoms with Crippen molar-refractivity contribution in [3.8, 4) is 11.6 Å². The number of piperazine rings is 1. The summed E-state index contributed by atoms with van der Waals surface area (Å²) < 4.78 is 6.72. The van der Waals surface area contributed by atoms with Crippen LogP contribution in [0, 0.1) is 0 Å². The van der Waals surface area contributed by atoms with Gasteiger partial charge in [0.25, 0.3) is 5.78 Å². The molecule has 0 bridgehead atoms. The summed E-state index contributed by atoms with van der Waals surface area (Å²) in [4.78, 5) is 29.3. The van der Waals surface area contributed by atoms with E-state index in [1.165, 1.54) is 4.52 Å². The van der Waals surface area contributed by atoms with E-state index >= 15 is 0 Å². The summed E-state index contributed by atoms with van der Waals surface area (Å²) in [5.41, 5.74) is 6.05. The molecule has 1 fully saturated rings. The van der Waals surface area contributed by atoms with Crippen LogP contribution in [0.5, 0.6) is 0 Å². The number of rotatable bonds is 5. The Kier molecular flexibility index (Phi) is 4.61. The van der Waals surface area contributed by atoms with Gasteiger partial charge in [-0.15, -0.1) is 5.10 Å². The van der Waals surface area contributed by atoms with Gasteiger partial charge in [0.15, 0.2) is 5.76 Å². The lowest BCUT2D eigenvalue weighted by Gasteiger charge is -2.34. The Bertz CT molecular complexity index is 928. The maximum atomic E-state index is 12.2. The second kappa shape index (κ2) is 7.22. The molecule has 142 valence electrons. The first-order valence-electron chi connectivity index (χ1n) is 9.12. The van der Waals surface area contributed by atoms with E-state index in [-0.39, 0.29) is 11.9 Å². The molecule has 1 saturated heterocycles. The van der Waals surface area contributed by atoms with Gasteiger partial charge in [0, 0.05) is 32.6 Å². The van der Waals surface area contributed by atoms with E-state index in [0.717, 1.165) is 12.8 Å². The van der Waals surface area contributed by atoms with E-state index in [4.69, 9.17) is 10.2 Å². The van der Waals surface area contributed by atoms with Crippen molar-refractivity contribution in [2.75, 3.05) is 36.8 Å². The van der Waals surface area contributed by atoms with Gasteiger partial charge in [0.2, 0.25) is 23.6 Å². The normalized spacial score (nSPS) is 14.9. The molecule has 0 unspecified atom stereocenters. The van der Waals surface area contributed by atoms with Gasteiger partial charge in [-0.3, -0.25) is 4.79 Å². The van der Waals surface area contributed by atoms with Gasteiger partial charge >= 0.3 is 0 Å². The largest absolute Gasteiger partial charge is 0.461 e. The third-order valence-corrected chi connectivity index (χ3v) is 4.62. The Morgan fingerprint density at radius 1 is 1.22 bits per heavy atom. The number of aromatic nitrogens is 5. The first-order valence-corrected chi connectivity index (χ1v) is 9.12. The fraction of sp³-hybridized carbons (Fsp3) is 0.471. The van der Waals surface area contributed by atoms with E-state index in [2.05, 4.69) is 27.0 Å². The van der Waals surface area contributed by atoms with Crippen molar-refractivity contribution in [1.29, 1.82) is 0 Å². The van der Waals surface area contributed by atoms with Gasteiger partial charge in [-0.25, -0.2) is 0 Å². The highest BCUT2D eigenvalue weighted by atomic mass is 16.3. The minimum Gasteiger partial charge on any atom is -0.461 e. The Balaban J connectivity index is 1.50. The van der Waals surface area contributed by atoms with E-state index < -0.39 is 0 Å². The third kappa shape index (κ3) is 3.42. The van der Waals surface area contributed by atoms with Crippen molar-refractivity contribution in [3.63, 3.8) is 0 Å². The molecular weight excluding hydrogens is 348 g/mol. The third-order valence-electron chi connectivity index (χ3n) is 4.62. The molecule has 1 aliphatic heterocycles. The topological polar surface area (TPSA) is 119 Å². The molecule has 1 amide bonds. The second-order valence-corrected chi connectivity index (χ2v) is 6.48. The molecule has 0 spiro atoms. The molecule has 4 rings (SSSR count). The van der Waals surface area contributed by atoms with Gasteiger partial charge in [0.1, 0.15) is 0 Å². The number of nitrogens with zero attached hydrogens (tertiary/aromatic N) is 7. The van der Waals surface area contributed by atoms with Gasteiger partial charge in [-0.05, 0) is 18.6 Å². The maximum Gasteiger partial charge on any atom is 0.259 e. The number of carbonyl (C=O) groups is 1. The Morgan fingerprint density at radius 2 is 2.04 bits per heavy atom. The average Bonchev–Trinajstić information content (AvgIpc) is 3.35. The highest BCUT2D eigenvalue weighted by Gasteiger charge is 2.23. The van der Waals surface area contributed by atoms with Crippen LogP contribution in [-0.4, -0.2) is 61.6 Å². The Labute approximate surface area is 156 Å². The van der Waals surface area contributed by atoms with E-state index in [0.29, 0.717) is 55.9 Å². The summed E-state index contributed by atoms with van der Waals surface area (Å²) in [6.45, 7) is 4.72. The molecule has 4 heterocycles. The highest BCUT2D eigenvalue weighted by molar-refractivity contribution is 5.76. The molecule has 3 aromatic heterocycles. The van der Waals surface area contributed by atoms with Gasteiger partial charge < -0.3 is 20.0 Å². The van der Waals surface area contributed by atoms with E-state index in [9.17, 15) is 4.79 Å². The minimum atomic E-state index is 0.210. The van der Waals surface area contributed by atoms with E-state index in [1.807, 2.05) is 9.80 Å². The summed E-state index contributed by atoms with van der Waals surface area (Å²) in [5.74, 6) is 2.24. The van der Waals surface area contributed by atoms with Gasteiger partial charge in [-0.1, -0.05) is 13.3 Å². The number of hydrogen-bond acceptors (Lipinski definition) is 8. The number of fused-ring (bicyclic) bond motifs is 1. The molecule has 10 heteroatoms. The van der Waals surface area contributed by atoms with Crippen LogP contribution in [0.4, 0.5) is 11.9 Å². The number of hydrogen-bond donors (Lipinski definition) is 1. The first kappa shape index (κ1) is 17.3. The first-order chi connectivity index (χ1) is 13.2. The summed E-state index contributed by atoms with van der Waals surface area (Å²) in [6, 6.07) is 3.54. The van der Waals surface area contributed by atoms with Crippen molar-refractivity contribution >= 4 is 23.6 Å². The lowest BCUT2D eigenvalue weighted by molar-refractivity contribution is -0.131. The van der Waals surface area contributed by atoms with Gasteiger partial charge in [-0.2, -0.15) is 19.5 Å². The number of unbranched alkanes of at least 4 members (excludes halogenated alkanes) is 1. The zero-order chi connectivity index (χ0) is 18.8. The molecule has 0 aromatic carbocycles. The Hall–Kier alpha value is -3.17. The van der Waals surface area contributed by atoms with Crippen LogP contribution < -0.4 is 10.6 Å². The van der Waals surface area contributed by atoms with Crippen molar-refractivity contribution < 1.29 is 9.21 Å². The van der Waals surface area contributed by atoms with Crippen LogP contribution in [0.2, 0.25) is 0 Å². The molecule has 0 aliphatic carbocycles. The van der Waals surface area contributed by atoms with Crippen LogP contribution >= 0.6 is 0 Å². The van der Waals surface area contributed by atoms with Crippen LogP contribution in [0.3, 0.4) is 0 Å². The summed E-state index contributed by atoms with van der Waals surface area (Å²) in [7, 11) is 0. The van der Waals surface area contributed by atoms with Crippen LogP contribution in [0.15, 0.2) is 22.8 Å². The smallest absolute Gasteiger partial charge is 0.259 e. The number of nitrogen functional groups attached to an aromatic ring is 1. The minimum absolute atomic E-state index is 0.210. The predicted molar refractivity (Wildman–Crippen MR) is 99.0 cm³/mol. The lowest BCUT2D eigenvalue weighted by atomic mass is 10.2. The quantitative estimate of drug-likeness (QED) is 0.711. The summed E-state index contributed by atoms with van der Waals surface area (Å²) in [5, 5.41) is 4.30. The summed E-state index contributed by atoms with van der Waals surface area (Å²) >= 11 is 0. The molecule has 10 nitrogen and oxygen atoms in total. The molecule has 27 heavy (non-hydrogen) atoms. The average molecular weight is 370 g/mol. The van der Waals surface area contributed by atoms with Crippen molar-refractivity contribution in [1.82, 2.24) is 29.5 Å². The number of anilines is 2. The zero-order valence-electron chi connectivity index (χ0n) is 15.2. The van der Waals surface area contributed by atoms with Crippen LogP contribution in [0.1, 0.15) is 26.2 Å². The highest BCUT2D eigenvalue weighted by Crippen LogP contribution is 2.19. The fourth-order valence-electron chi connectivity index (χ4n) is 3.09. The standard InChI is InChI=1S/C17H22N8O2/c1-2-3-6-13(26)23-7-9-24(10-8-23)16-20-15(18)25-17(21-16)19-14(22-25)12-5-4-11-27-12/h4-5,11H,2-3,6-10H2,1H3,(H2,18,19,20,21,22). The maximum absolute atomic E-state index is 12.2. The molecular formula is C17H22N8O2. The van der Waals surface area contributed by atoms with E-state index in [1.54, 1.807) is 18.4 Å². The number of amides is 1. The SMILES string of the molecule is CCCCC(=O)N1CCN(c2nc(N)n3nc(-c4ccco4)nc3n2)CC1. The fourth-order valence-corrected chi connectivity index (χ4v) is 3.09. The summed E-state index contributed by atoms with van der Waals surface area (Å²) in [6.07, 6.45) is 4.13. The molecule has 0 saturated carbocycles. The molecule has 0 atom stereocenters. The van der Waals surface area contributed by atoms with Crippen LogP contribution in [0.25, 0.3) is 17.4 Å². The number of furan rings is 1. The predicted octanol–water partition coefficient (Wildman–Crippen LogP) is 1.20. The Morgan fingerprint density at radius 3 is 2.74 bits per heavy atom. The molecule has 3 aromatic rings. The van der Waals surface area contributed by atoms with Crippen molar-refractivity contribution in [2.45, 2.75) is 26.2 Å². The molecule has 1 aliphatic rings. The zero-order valence-corrected chi connectivity index (χ0v) is 15.2. The molecule has 0 radical (unpaired) electrons. The monoisotopic (exact) mass is 370 g/mol. The van der Waals surface area contributed by atoms with Crippen molar-refractivity contribution in [2.24, 2.45) is 0 Å². The van der Waals surface area contributed by atoms with Crippen molar-refractivity contribution in [3.05, 3.63) is 18.4 Å². The second-order valence-electron chi connectivity index (χ2n) is 6.48. The van der Waals surface area contributed by atoms with Gasteiger partial charge in [0.05, 0.1) is 6.26 Å².